The van der Waals surface area contributed by atoms with E-state index < -0.39 is 91.0 Å². The molecule has 0 aliphatic carbocycles. The molecule has 0 aromatic heterocycles. The molecule has 15 atom stereocenters. The third-order valence-electron chi connectivity index (χ3n) is 11.6. The van der Waals surface area contributed by atoms with E-state index >= 15 is 0 Å². The zero-order chi connectivity index (χ0) is 44.7. The van der Waals surface area contributed by atoms with Crippen molar-refractivity contribution in [1.82, 2.24) is 4.90 Å². The van der Waals surface area contributed by atoms with Gasteiger partial charge in [0.15, 0.2) is 24.5 Å². The van der Waals surface area contributed by atoms with Gasteiger partial charge in [0.05, 0.1) is 43.0 Å². The van der Waals surface area contributed by atoms with Crippen LogP contribution in [0.3, 0.4) is 0 Å². The monoisotopic (exact) mass is 854 g/mol. The summed E-state index contributed by atoms with van der Waals surface area (Å²) in [6, 6.07) is 0. The van der Waals surface area contributed by atoms with Crippen LogP contribution in [0.25, 0.3) is 0 Å². The normalized spacial score (nSPS) is 39.5. The lowest BCUT2D eigenvalue weighted by Gasteiger charge is -2.49. The van der Waals surface area contributed by atoms with Crippen LogP contribution >= 0.6 is 0 Å². The molecule has 3 N–H and O–H groups in total. The van der Waals surface area contributed by atoms with Gasteiger partial charge < -0.3 is 58.2 Å². The molecule has 0 aromatic carbocycles. The highest BCUT2D eigenvalue weighted by Gasteiger charge is 2.51. The summed E-state index contributed by atoms with van der Waals surface area (Å²) in [5, 5.41) is 35.0. The number of hydrogen-bond donors (Lipinski definition) is 3. The van der Waals surface area contributed by atoms with Crippen LogP contribution in [0.1, 0.15) is 113 Å². The Morgan fingerprint density at radius 2 is 1.73 bits per heavy atom. The van der Waals surface area contributed by atoms with Crippen molar-refractivity contribution in [3.05, 3.63) is 24.3 Å². The highest BCUT2D eigenvalue weighted by Crippen LogP contribution is 2.38. The first-order chi connectivity index (χ1) is 28.3. The Bertz CT molecular complexity index is 1400. The number of rotatable bonds is 12. The van der Waals surface area contributed by atoms with E-state index in [9.17, 15) is 34.5 Å². The second-order valence-corrected chi connectivity index (χ2v) is 18.1. The molecule has 0 spiro atoms. The van der Waals surface area contributed by atoms with Gasteiger partial charge in [0.1, 0.15) is 24.1 Å². The average molecular weight is 854 g/mol. The summed E-state index contributed by atoms with van der Waals surface area (Å²) in [5.74, 6) is -2.17. The van der Waals surface area contributed by atoms with E-state index in [-0.39, 0.29) is 55.6 Å². The first-order valence-electron chi connectivity index (χ1n) is 21.8. The fourth-order valence-corrected chi connectivity index (χ4v) is 8.54. The van der Waals surface area contributed by atoms with E-state index in [1.165, 1.54) is 7.11 Å². The molecule has 0 saturated carbocycles. The number of carbonyl (C=O) groups excluding carboxylic acids is 4. The number of nitrogens with zero attached hydrogens (tertiary/aromatic N) is 1. The van der Waals surface area contributed by atoms with Crippen LogP contribution in [0.15, 0.2) is 24.3 Å². The quantitative estimate of drug-likeness (QED) is 0.184. The number of allylic oxidation sites excluding steroid dienone is 4. The molecule has 3 heterocycles. The minimum absolute atomic E-state index is 0.0128. The summed E-state index contributed by atoms with van der Waals surface area (Å²) in [7, 11) is 5.12. The number of cyclic esters (lactones) is 1. The minimum atomic E-state index is -1.47. The molecule has 0 aromatic rings. The predicted molar refractivity (Wildman–Crippen MR) is 222 cm³/mol. The van der Waals surface area contributed by atoms with Gasteiger partial charge in [-0.3, -0.25) is 14.4 Å². The molecule has 15 unspecified atom stereocenters. The van der Waals surface area contributed by atoms with E-state index in [0.29, 0.717) is 25.8 Å². The lowest BCUT2D eigenvalue weighted by Crippen LogP contribution is -2.62. The summed E-state index contributed by atoms with van der Waals surface area (Å²) in [4.78, 5) is 52.3. The molecule has 15 nitrogen and oxygen atoms in total. The van der Waals surface area contributed by atoms with E-state index in [2.05, 4.69) is 0 Å². The molecule has 3 aliphatic heterocycles. The number of ether oxygens (including phenoxy) is 7. The molecule has 3 aliphatic rings. The molecule has 2 fully saturated rings. The Morgan fingerprint density at radius 1 is 1.02 bits per heavy atom. The second-order valence-electron chi connectivity index (χ2n) is 18.1. The summed E-state index contributed by atoms with van der Waals surface area (Å²) < 4.78 is 42.8. The van der Waals surface area contributed by atoms with Crippen LogP contribution < -0.4 is 0 Å². The number of aliphatic hydroxyl groups is 3. The smallest absolute Gasteiger partial charge is 0.308 e. The van der Waals surface area contributed by atoms with Crippen LogP contribution in [-0.2, 0) is 52.3 Å². The summed E-state index contributed by atoms with van der Waals surface area (Å²) >= 11 is 0. The SMILES string of the molecule is COC1C(O)CC(=O)OC(C)CCC/C=C/C=C/C(=O)C(C)CC(CC=O)CCC1OC1OC(C)C(OC2CC(C)(O)C(OC(=O)CC(C)C)C(C)O2)C(CN(C)C)C1O. The van der Waals surface area contributed by atoms with Crippen molar-refractivity contribution >= 4 is 24.0 Å². The van der Waals surface area contributed by atoms with Crippen LogP contribution in [0, 0.1) is 23.7 Å². The zero-order valence-corrected chi connectivity index (χ0v) is 37.6. The molecular formula is C45H75NO14. The molecule has 2 saturated heterocycles. The van der Waals surface area contributed by atoms with Crippen molar-refractivity contribution in [2.45, 2.75) is 186 Å². The molecule has 3 rings (SSSR count). The number of aliphatic hydroxyl groups excluding tert-OH is 2. The maximum Gasteiger partial charge on any atom is 0.308 e. The number of hydrogen-bond acceptors (Lipinski definition) is 15. The Balaban J connectivity index is 1.88. The Labute approximate surface area is 357 Å². The number of aldehydes is 1. The van der Waals surface area contributed by atoms with Gasteiger partial charge in [-0.1, -0.05) is 39.0 Å². The van der Waals surface area contributed by atoms with Crippen LogP contribution in [0.2, 0.25) is 0 Å². The first kappa shape index (κ1) is 51.7. The molecular weight excluding hydrogens is 778 g/mol. The Morgan fingerprint density at radius 3 is 2.37 bits per heavy atom. The molecule has 60 heavy (non-hydrogen) atoms. The number of esters is 2. The zero-order valence-electron chi connectivity index (χ0n) is 37.6. The van der Waals surface area contributed by atoms with Gasteiger partial charge in [-0.05, 0) is 98.2 Å². The largest absolute Gasteiger partial charge is 0.463 e. The number of ketones is 1. The van der Waals surface area contributed by atoms with Crippen molar-refractivity contribution in [3.8, 4) is 0 Å². The van der Waals surface area contributed by atoms with Crippen LogP contribution in [0.5, 0.6) is 0 Å². The van der Waals surface area contributed by atoms with Gasteiger partial charge in [0, 0.05) is 44.8 Å². The average Bonchev–Trinajstić information content (AvgIpc) is 3.14. The third kappa shape index (κ3) is 16.3. The van der Waals surface area contributed by atoms with E-state index in [4.69, 9.17) is 33.2 Å². The Hall–Kier alpha value is -2.60. The minimum Gasteiger partial charge on any atom is -0.463 e. The molecule has 0 bridgehead atoms. The van der Waals surface area contributed by atoms with E-state index in [1.807, 2.05) is 51.9 Å². The number of methoxy groups -OCH3 is 1. The van der Waals surface area contributed by atoms with Gasteiger partial charge in [-0.25, -0.2) is 0 Å². The standard InChI is InChI=1S/C45H75NO14/c1-27(2)22-37(50)59-43-31(6)56-39(25-45(43,7)53)60-41-30(5)57-44(40(52)33(41)26-46(8)9)58-36-19-18-32(20-21-47)23-28(3)34(48)17-15-13-11-12-14-16-29(4)55-38(51)24-35(49)42(36)54-10/h11,13,15,17,21,27-33,35-36,39-44,49,52-53H,12,14,16,18-20,22-26H2,1-10H3/b13-11+,17-15+. The van der Waals surface area contributed by atoms with Crippen molar-refractivity contribution in [1.29, 1.82) is 0 Å². The van der Waals surface area contributed by atoms with Crippen LogP contribution in [0.4, 0.5) is 0 Å². The van der Waals surface area contributed by atoms with E-state index in [1.54, 1.807) is 39.8 Å². The topological polar surface area (TPSA) is 197 Å². The molecule has 0 amide bonds. The van der Waals surface area contributed by atoms with Crippen molar-refractivity contribution in [2.75, 3.05) is 27.7 Å². The fraction of sp³-hybridized carbons (Fsp3) is 0.822. The summed E-state index contributed by atoms with van der Waals surface area (Å²) in [6.45, 7) is 12.9. The second kappa shape index (κ2) is 24.9. The first-order valence-corrected chi connectivity index (χ1v) is 21.8. The summed E-state index contributed by atoms with van der Waals surface area (Å²) in [6.07, 6.45) is 0.778. The molecule has 15 heteroatoms. The fourth-order valence-electron chi connectivity index (χ4n) is 8.54. The van der Waals surface area contributed by atoms with Crippen LogP contribution in [-0.4, -0.2) is 145 Å². The maximum atomic E-state index is 13.0. The van der Waals surface area contributed by atoms with Crippen molar-refractivity contribution in [2.24, 2.45) is 23.7 Å². The predicted octanol–water partition coefficient (Wildman–Crippen LogP) is 4.46. The lowest BCUT2D eigenvalue weighted by atomic mass is 9.85. The van der Waals surface area contributed by atoms with Crippen molar-refractivity contribution < 1.29 is 67.7 Å². The van der Waals surface area contributed by atoms with Gasteiger partial charge in [-0.2, -0.15) is 0 Å². The van der Waals surface area contributed by atoms with Gasteiger partial charge in [-0.15, -0.1) is 0 Å². The van der Waals surface area contributed by atoms with Gasteiger partial charge in [0.25, 0.3) is 0 Å². The lowest BCUT2D eigenvalue weighted by molar-refractivity contribution is -0.344. The summed E-state index contributed by atoms with van der Waals surface area (Å²) in [5.41, 5.74) is -1.47. The van der Waals surface area contributed by atoms with Gasteiger partial charge >= 0.3 is 11.9 Å². The molecule has 344 valence electrons. The van der Waals surface area contributed by atoms with Gasteiger partial charge in [0.2, 0.25) is 0 Å². The van der Waals surface area contributed by atoms with Crippen molar-refractivity contribution in [3.63, 3.8) is 0 Å². The number of carbonyl (C=O) groups is 4. The Kier molecular flexibility index (Phi) is 21.5. The van der Waals surface area contributed by atoms with E-state index in [0.717, 1.165) is 19.1 Å². The highest BCUT2D eigenvalue weighted by molar-refractivity contribution is 5.91. The third-order valence-corrected chi connectivity index (χ3v) is 11.6. The highest BCUT2D eigenvalue weighted by atomic mass is 16.7. The maximum absolute atomic E-state index is 13.0. The molecule has 0 radical (unpaired) electrons.